The summed E-state index contributed by atoms with van der Waals surface area (Å²) in [7, 11) is 1.84. The summed E-state index contributed by atoms with van der Waals surface area (Å²) in [5.41, 5.74) is 7.79. The maximum atomic E-state index is 6.15. The fourth-order valence-electron chi connectivity index (χ4n) is 1.94. The largest absolute Gasteiger partial charge is 0.322 e. The number of nitrogens with zero attached hydrogens (tertiary/aromatic N) is 6. The van der Waals surface area contributed by atoms with Crippen LogP contribution in [0, 0.1) is 0 Å². The highest BCUT2D eigenvalue weighted by atomic mass is 15.5. The Morgan fingerprint density at radius 1 is 1.20 bits per heavy atom. The molecule has 0 amide bonds. The van der Waals surface area contributed by atoms with Crippen LogP contribution in [0.4, 0.5) is 0 Å². The van der Waals surface area contributed by atoms with E-state index in [1.54, 1.807) is 15.7 Å². The minimum Gasteiger partial charge on any atom is -0.322 e. The molecule has 1 aromatic carbocycles. The number of benzene rings is 1. The average Bonchev–Trinajstić information content (AvgIpc) is 3.10. The van der Waals surface area contributed by atoms with Crippen molar-refractivity contribution in [1.29, 1.82) is 0 Å². The van der Waals surface area contributed by atoms with Crippen molar-refractivity contribution >= 4 is 0 Å². The van der Waals surface area contributed by atoms with Crippen molar-refractivity contribution in [3.05, 3.63) is 54.4 Å². The molecular formula is C13H15N7. The van der Waals surface area contributed by atoms with Gasteiger partial charge in [-0.25, -0.2) is 4.98 Å². The lowest BCUT2D eigenvalue weighted by molar-refractivity contribution is 0.610. The quantitative estimate of drug-likeness (QED) is 0.751. The van der Waals surface area contributed by atoms with E-state index in [9.17, 15) is 0 Å². The van der Waals surface area contributed by atoms with Crippen LogP contribution in [-0.2, 0) is 13.5 Å². The lowest BCUT2D eigenvalue weighted by Crippen LogP contribution is -2.17. The second-order valence-electron chi connectivity index (χ2n) is 4.50. The van der Waals surface area contributed by atoms with Gasteiger partial charge in [-0.3, -0.25) is 4.68 Å². The predicted molar refractivity (Wildman–Crippen MR) is 73.0 cm³/mol. The summed E-state index contributed by atoms with van der Waals surface area (Å²) in [5.74, 6) is 0.826. The van der Waals surface area contributed by atoms with Gasteiger partial charge >= 0.3 is 0 Å². The van der Waals surface area contributed by atoms with Crippen molar-refractivity contribution in [2.24, 2.45) is 12.8 Å². The first-order valence-electron chi connectivity index (χ1n) is 6.30. The molecular weight excluding hydrogens is 254 g/mol. The minimum atomic E-state index is -0.254. The summed E-state index contributed by atoms with van der Waals surface area (Å²) in [6.45, 7) is 0. The molecule has 0 saturated heterocycles. The van der Waals surface area contributed by atoms with E-state index in [1.807, 2.05) is 37.4 Å². The first-order valence-corrected chi connectivity index (χ1v) is 6.30. The molecule has 20 heavy (non-hydrogen) atoms. The zero-order valence-electron chi connectivity index (χ0n) is 11.1. The minimum absolute atomic E-state index is 0.254. The van der Waals surface area contributed by atoms with Crippen LogP contribution in [0.3, 0.4) is 0 Å². The molecule has 0 aliphatic heterocycles. The highest BCUT2D eigenvalue weighted by molar-refractivity contribution is 5.28. The summed E-state index contributed by atoms with van der Waals surface area (Å²) < 4.78 is 1.71. The first kappa shape index (κ1) is 12.5. The molecule has 2 N–H and O–H groups in total. The molecule has 2 heterocycles. The van der Waals surface area contributed by atoms with E-state index in [2.05, 4.69) is 20.3 Å². The number of rotatable bonds is 4. The maximum absolute atomic E-state index is 6.15. The van der Waals surface area contributed by atoms with Crippen LogP contribution >= 0.6 is 0 Å². The Morgan fingerprint density at radius 2 is 2.00 bits per heavy atom. The first-order chi connectivity index (χ1) is 9.74. The third-order valence-electron chi connectivity index (χ3n) is 3.08. The predicted octanol–water partition coefficient (Wildman–Crippen LogP) is 0.638. The number of nitrogens with two attached hydrogens (primary N) is 1. The normalized spacial score (nSPS) is 12.5. The highest BCUT2D eigenvalue weighted by Crippen LogP contribution is 2.12. The Kier molecular flexibility index (Phi) is 3.26. The molecule has 7 nitrogen and oxygen atoms in total. The lowest BCUT2D eigenvalue weighted by Gasteiger charge is -2.07. The molecule has 102 valence electrons. The highest BCUT2D eigenvalue weighted by Gasteiger charge is 2.14. The van der Waals surface area contributed by atoms with Gasteiger partial charge in [0, 0.05) is 13.5 Å². The summed E-state index contributed by atoms with van der Waals surface area (Å²) in [4.78, 5) is 5.74. The summed E-state index contributed by atoms with van der Waals surface area (Å²) in [6.07, 6.45) is 3.78. The van der Waals surface area contributed by atoms with Gasteiger partial charge in [-0.2, -0.15) is 20.1 Å². The molecule has 0 radical (unpaired) electrons. The number of hydrogen-bond acceptors (Lipinski definition) is 5. The lowest BCUT2D eigenvalue weighted by atomic mass is 10.1. The second-order valence-corrected chi connectivity index (χ2v) is 4.50. The molecule has 1 unspecified atom stereocenters. The molecule has 0 aliphatic rings. The van der Waals surface area contributed by atoms with Crippen molar-refractivity contribution in [2.75, 3.05) is 0 Å². The van der Waals surface area contributed by atoms with Crippen molar-refractivity contribution < 1.29 is 0 Å². The summed E-state index contributed by atoms with van der Waals surface area (Å²) in [6, 6.07) is 9.47. The molecule has 0 bridgehead atoms. The fraction of sp³-hybridized carbons (Fsp3) is 0.231. The van der Waals surface area contributed by atoms with Crippen LogP contribution in [0.25, 0.3) is 5.69 Å². The molecule has 3 rings (SSSR count). The van der Waals surface area contributed by atoms with E-state index in [-0.39, 0.29) is 6.04 Å². The Balaban J connectivity index is 1.78. The van der Waals surface area contributed by atoms with Crippen LogP contribution in [0.2, 0.25) is 0 Å². The van der Waals surface area contributed by atoms with Gasteiger partial charge in [0.1, 0.15) is 17.8 Å². The molecule has 0 spiro atoms. The van der Waals surface area contributed by atoms with Crippen LogP contribution in [0.1, 0.15) is 17.6 Å². The van der Waals surface area contributed by atoms with Gasteiger partial charge in [-0.05, 0) is 12.1 Å². The van der Waals surface area contributed by atoms with Gasteiger partial charge in [0.2, 0.25) is 0 Å². The van der Waals surface area contributed by atoms with E-state index in [1.165, 1.54) is 6.33 Å². The van der Waals surface area contributed by atoms with E-state index >= 15 is 0 Å². The SMILES string of the molecule is Cn1ncnc1CC(N)c1cnn(-c2ccccc2)n1. The third kappa shape index (κ3) is 2.43. The van der Waals surface area contributed by atoms with E-state index in [4.69, 9.17) is 5.73 Å². The topological polar surface area (TPSA) is 87.4 Å². The van der Waals surface area contributed by atoms with Gasteiger partial charge in [0.05, 0.1) is 17.9 Å². The zero-order valence-corrected chi connectivity index (χ0v) is 11.1. The molecule has 0 saturated carbocycles. The smallest absolute Gasteiger partial charge is 0.138 e. The molecule has 0 aliphatic carbocycles. The van der Waals surface area contributed by atoms with Gasteiger partial charge in [-0.15, -0.1) is 0 Å². The third-order valence-corrected chi connectivity index (χ3v) is 3.08. The monoisotopic (exact) mass is 269 g/mol. The zero-order chi connectivity index (χ0) is 13.9. The number of aromatic nitrogens is 6. The van der Waals surface area contributed by atoms with Crippen LogP contribution < -0.4 is 5.73 Å². The molecule has 7 heteroatoms. The van der Waals surface area contributed by atoms with E-state index in [0.717, 1.165) is 17.2 Å². The Morgan fingerprint density at radius 3 is 2.70 bits per heavy atom. The maximum Gasteiger partial charge on any atom is 0.138 e. The van der Waals surface area contributed by atoms with Crippen molar-refractivity contribution in [3.63, 3.8) is 0 Å². The van der Waals surface area contributed by atoms with Crippen molar-refractivity contribution in [3.8, 4) is 5.69 Å². The molecule has 0 fully saturated rings. The van der Waals surface area contributed by atoms with Crippen LogP contribution in [0.5, 0.6) is 0 Å². The summed E-state index contributed by atoms with van der Waals surface area (Å²) in [5, 5.41) is 12.7. The van der Waals surface area contributed by atoms with Crippen LogP contribution in [-0.4, -0.2) is 29.8 Å². The van der Waals surface area contributed by atoms with E-state index < -0.39 is 0 Å². The molecule has 1 atom stereocenters. The van der Waals surface area contributed by atoms with Crippen LogP contribution in [0.15, 0.2) is 42.9 Å². The van der Waals surface area contributed by atoms with Crippen molar-refractivity contribution in [2.45, 2.75) is 12.5 Å². The van der Waals surface area contributed by atoms with Gasteiger partial charge in [0.15, 0.2) is 0 Å². The van der Waals surface area contributed by atoms with E-state index in [0.29, 0.717) is 6.42 Å². The summed E-state index contributed by atoms with van der Waals surface area (Å²) >= 11 is 0. The Hall–Kier alpha value is -2.54. The Labute approximate surface area is 116 Å². The van der Waals surface area contributed by atoms with Crippen molar-refractivity contribution in [1.82, 2.24) is 29.8 Å². The fourth-order valence-corrected chi connectivity index (χ4v) is 1.94. The number of para-hydroxylation sites is 1. The Bertz CT molecular complexity index is 686. The number of hydrogen-bond donors (Lipinski definition) is 1. The second kappa shape index (κ2) is 5.22. The standard InChI is InChI=1S/C13H15N7/c1-19-13(15-9-17-19)7-11(14)12-8-16-20(18-12)10-5-3-2-4-6-10/h2-6,8-9,11H,7,14H2,1H3. The van der Waals surface area contributed by atoms with Gasteiger partial charge in [-0.1, -0.05) is 18.2 Å². The van der Waals surface area contributed by atoms with Gasteiger partial charge < -0.3 is 5.73 Å². The van der Waals surface area contributed by atoms with Gasteiger partial charge in [0.25, 0.3) is 0 Å². The average molecular weight is 269 g/mol. The molecule has 2 aromatic heterocycles. The number of aryl methyl sites for hydroxylation is 1. The molecule has 3 aromatic rings.